The zero-order valence-corrected chi connectivity index (χ0v) is 12.2. The monoisotopic (exact) mass is 285 g/mol. The van der Waals surface area contributed by atoms with E-state index in [1.807, 2.05) is 4.57 Å². The van der Waals surface area contributed by atoms with Gasteiger partial charge in [-0.1, -0.05) is 11.8 Å². The minimum Gasteiger partial charge on any atom is -0.481 e. The number of hydrogen-bond acceptors (Lipinski definition) is 5. The summed E-state index contributed by atoms with van der Waals surface area (Å²) in [5.74, 6) is -0.0651. The van der Waals surface area contributed by atoms with Crippen LogP contribution in [0.5, 0.6) is 0 Å². The van der Waals surface area contributed by atoms with Gasteiger partial charge in [0.05, 0.1) is 5.75 Å². The van der Waals surface area contributed by atoms with Gasteiger partial charge < -0.3 is 9.84 Å². The molecule has 1 saturated heterocycles. The van der Waals surface area contributed by atoms with Crippen LogP contribution in [-0.2, 0) is 15.1 Å². The number of hydrogen-bond donors (Lipinski definition) is 1. The molecule has 1 atom stereocenters. The second kappa shape index (κ2) is 5.50. The predicted molar refractivity (Wildman–Crippen MR) is 71.3 cm³/mol. The highest BCUT2D eigenvalue weighted by atomic mass is 32.2. The van der Waals surface area contributed by atoms with E-state index in [0.29, 0.717) is 5.16 Å². The number of rotatable bonds is 4. The van der Waals surface area contributed by atoms with Crippen molar-refractivity contribution in [1.29, 1.82) is 0 Å². The van der Waals surface area contributed by atoms with Gasteiger partial charge >= 0.3 is 5.97 Å². The number of nitrogens with zero attached hydrogens (tertiary/aromatic N) is 3. The molecule has 0 saturated carbocycles. The molecule has 19 heavy (non-hydrogen) atoms. The lowest BCUT2D eigenvalue weighted by molar-refractivity contribution is -0.133. The first-order chi connectivity index (χ1) is 8.89. The summed E-state index contributed by atoms with van der Waals surface area (Å²) in [4.78, 5) is 10.7. The fourth-order valence-corrected chi connectivity index (χ4v) is 2.97. The van der Waals surface area contributed by atoms with E-state index in [0.717, 1.165) is 25.3 Å². The second-order valence-corrected chi connectivity index (χ2v) is 6.47. The largest absolute Gasteiger partial charge is 0.481 e. The van der Waals surface area contributed by atoms with Gasteiger partial charge in [-0.2, -0.15) is 0 Å². The Kier molecular flexibility index (Phi) is 4.15. The molecule has 0 radical (unpaired) electrons. The van der Waals surface area contributed by atoms with Crippen molar-refractivity contribution in [3.05, 3.63) is 5.82 Å². The maximum atomic E-state index is 10.7. The third-order valence-corrected chi connectivity index (χ3v) is 3.79. The fourth-order valence-electron chi connectivity index (χ4n) is 2.12. The van der Waals surface area contributed by atoms with E-state index in [2.05, 4.69) is 31.0 Å². The van der Waals surface area contributed by atoms with E-state index >= 15 is 0 Å². The van der Waals surface area contributed by atoms with Crippen LogP contribution < -0.4 is 0 Å². The quantitative estimate of drug-likeness (QED) is 0.853. The van der Waals surface area contributed by atoms with E-state index in [1.165, 1.54) is 11.8 Å². The van der Waals surface area contributed by atoms with Crippen LogP contribution in [0.1, 0.15) is 45.5 Å². The number of aliphatic carboxylic acids is 1. The van der Waals surface area contributed by atoms with Crippen molar-refractivity contribution < 1.29 is 14.6 Å². The van der Waals surface area contributed by atoms with Crippen molar-refractivity contribution in [1.82, 2.24) is 14.8 Å². The summed E-state index contributed by atoms with van der Waals surface area (Å²) >= 11 is 1.20. The van der Waals surface area contributed by atoms with Crippen LogP contribution in [0.3, 0.4) is 0 Å². The molecule has 2 rings (SSSR count). The minimum atomic E-state index is -0.855. The lowest BCUT2D eigenvalue weighted by atomic mass is 10.1. The van der Waals surface area contributed by atoms with E-state index in [4.69, 9.17) is 9.84 Å². The maximum absolute atomic E-state index is 10.7. The van der Waals surface area contributed by atoms with Crippen molar-refractivity contribution in [2.75, 3.05) is 12.4 Å². The fraction of sp³-hybridized carbons (Fsp3) is 0.750. The Bertz CT molecular complexity index is 461. The first-order valence-electron chi connectivity index (χ1n) is 6.31. The highest BCUT2D eigenvalue weighted by molar-refractivity contribution is 7.99. The maximum Gasteiger partial charge on any atom is 0.313 e. The summed E-state index contributed by atoms with van der Waals surface area (Å²) in [6.45, 7) is 6.91. The molecular weight excluding hydrogens is 266 g/mol. The van der Waals surface area contributed by atoms with Crippen LogP contribution in [0, 0.1) is 0 Å². The van der Waals surface area contributed by atoms with Gasteiger partial charge in [-0.3, -0.25) is 9.36 Å². The number of ether oxygens (including phenoxy) is 1. The van der Waals surface area contributed by atoms with Gasteiger partial charge in [-0.25, -0.2) is 0 Å². The molecule has 7 heteroatoms. The van der Waals surface area contributed by atoms with Gasteiger partial charge in [0.15, 0.2) is 11.0 Å². The van der Waals surface area contributed by atoms with Gasteiger partial charge in [0, 0.05) is 12.1 Å². The SMILES string of the molecule is CC(C)(C)n1c(SCC(=O)O)nnc1C1CCCO1. The van der Waals surface area contributed by atoms with E-state index in [9.17, 15) is 4.79 Å². The van der Waals surface area contributed by atoms with Gasteiger partial charge in [0.25, 0.3) is 0 Å². The van der Waals surface area contributed by atoms with Crippen LogP contribution >= 0.6 is 11.8 Å². The lowest BCUT2D eigenvalue weighted by Crippen LogP contribution is -2.26. The molecule has 0 aromatic carbocycles. The number of carbonyl (C=O) groups is 1. The topological polar surface area (TPSA) is 77.2 Å². The second-order valence-electron chi connectivity index (χ2n) is 5.53. The Hall–Kier alpha value is -1.08. The Morgan fingerprint density at radius 3 is 2.79 bits per heavy atom. The Balaban J connectivity index is 2.30. The minimum absolute atomic E-state index is 0.0141. The summed E-state index contributed by atoms with van der Waals surface area (Å²) in [7, 11) is 0. The summed E-state index contributed by atoms with van der Waals surface area (Å²) in [6, 6.07) is 0. The number of carboxylic acid groups (broad SMARTS) is 1. The lowest BCUT2D eigenvalue weighted by Gasteiger charge is -2.26. The summed E-state index contributed by atoms with van der Waals surface area (Å²) in [6.07, 6.45) is 1.95. The Morgan fingerprint density at radius 1 is 1.53 bits per heavy atom. The number of carboxylic acids is 1. The first kappa shape index (κ1) is 14.3. The smallest absolute Gasteiger partial charge is 0.313 e. The third kappa shape index (κ3) is 3.27. The molecule has 0 aliphatic carbocycles. The molecule has 1 fully saturated rings. The van der Waals surface area contributed by atoms with Gasteiger partial charge in [0.1, 0.15) is 6.10 Å². The summed E-state index contributed by atoms with van der Waals surface area (Å²) < 4.78 is 7.66. The molecule has 0 amide bonds. The van der Waals surface area contributed by atoms with Crippen molar-refractivity contribution >= 4 is 17.7 Å². The van der Waals surface area contributed by atoms with Crippen molar-refractivity contribution in [3.63, 3.8) is 0 Å². The van der Waals surface area contributed by atoms with Crippen LogP contribution in [0.4, 0.5) is 0 Å². The number of aromatic nitrogens is 3. The van der Waals surface area contributed by atoms with Crippen LogP contribution in [0.2, 0.25) is 0 Å². The zero-order chi connectivity index (χ0) is 14.0. The molecule has 106 valence electrons. The van der Waals surface area contributed by atoms with Gasteiger partial charge in [0.2, 0.25) is 0 Å². The third-order valence-electron chi connectivity index (χ3n) is 2.87. The molecule has 1 aromatic rings. The molecule has 2 heterocycles. The highest BCUT2D eigenvalue weighted by Gasteiger charge is 2.30. The van der Waals surface area contributed by atoms with Crippen LogP contribution in [-0.4, -0.2) is 38.2 Å². The average molecular weight is 285 g/mol. The molecule has 1 unspecified atom stereocenters. The predicted octanol–water partition coefficient (Wildman–Crippen LogP) is 2.06. The number of thioether (sulfide) groups is 1. The van der Waals surface area contributed by atoms with E-state index < -0.39 is 5.97 Å². The molecule has 0 bridgehead atoms. The molecule has 1 N–H and O–H groups in total. The van der Waals surface area contributed by atoms with Crippen LogP contribution in [0.25, 0.3) is 0 Å². The Morgan fingerprint density at radius 2 is 2.26 bits per heavy atom. The van der Waals surface area contributed by atoms with E-state index in [-0.39, 0.29) is 17.4 Å². The van der Waals surface area contributed by atoms with Crippen LogP contribution in [0.15, 0.2) is 5.16 Å². The first-order valence-corrected chi connectivity index (χ1v) is 7.30. The van der Waals surface area contributed by atoms with Crippen molar-refractivity contribution in [2.45, 2.75) is 50.4 Å². The summed E-state index contributed by atoms with van der Waals surface area (Å²) in [5, 5.41) is 17.8. The van der Waals surface area contributed by atoms with Gasteiger partial charge in [-0.05, 0) is 33.6 Å². The van der Waals surface area contributed by atoms with Crippen molar-refractivity contribution in [3.8, 4) is 0 Å². The van der Waals surface area contributed by atoms with Gasteiger partial charge in [-0.15, -0.1) is 10.2 Å². The zero-order valence-electron chi connectivity index (χ0n) is 11.4. The highest BCUT2D eigenvalue weighted by Crippen LogP contribution is 2.33. The summed E-state index contributed by atoms with van der Waals surface area (Å²) in [5.41, 5.74) is -0.203. The molecular formula is C12H19N3O3S. The molecule has 1 aliphatic heterocycles. The van der Waals surface area contributed by atoms with E-state index in [1.54, 1.807) is 0 Å². The standard InChI is InChI=1S/C12H19N3O3S/c1-12(2,3)15-10(8-5-4-6-18-8)13-14-11(15)19-7-9(16)17/h8H,4-7H2,1-3H3,(H,16,17). The molecule has 6 nitrogen and oxygen atoms in total. The van der Waals surface area contributed by atoms with Crippen molar-refractivity contribution in [2.24, 2.45) is 0 Å². The molecule has 0 spiro atoms. The average Bonchev–Trinajstić information content (AvgIpc) is 2.93. The molecule has 1 aliphatic rings. The normalized spacial score (nSPS) is 19.8. The molecule has 1 aromatic heterocycles. The Labute approximate surface area is 116 Å².